The molecule has 3 atom stereocenters. The van der Waals surface area contributed by atoms with E-state index in [2.05, 4.69) is 26.1 Å². The summed E-state index contributed by atoms with van der Waals surface area (Å²) in [6.45, 7) is 3.57. The minimum atomic E-state index is -0.996. The van der Waals surface area contributed by atoms with Crippen molar-refractivity contribution >= 4 is 50.6 Å². The molecule has 1 aliphatic heterocycles. The number of likely N-dealkylation sites (tertiary alicyclic amines) is 1. The first-order valence-corrected chi connectivity index (χ1v) is 15.1. The Hall–Kier alpha value is -2.71. The summed E-state index contributed by atoms with van der Waals surface area (Å²) in [4.78, 5) is 66.0. The quantitative estimate of drug-likeness (QED) is 0.0949. The Kier molecular flexibility index (Phi) is 17.8. The number of hydrogen-bond acceptors (Lipinski definition) is 10. The number of ether oxygens (including phenoxy) is 1. The van der Waals surface area contributed by atoms with Crippen molar-refractivity contribution < 1.29 is 38.9 Å². The molecule has 0 unspecified atom stereocenters. The van der Waals surface area contributed by atoms with E-state index in [9.17, 15) is 29.3 Å². The van der Waals surface area contributed by atoms with Crippen LogP contribution in [0, 0.1) is 16.0 Å². The summed E-state index contributed by atoms with van der Waals surface area (Å²) in [6, 6.07) is 7.38. The van der Waals surface area contributed by atoms with E-state index in [0.717, 1.165) is 29.1 Å². The van der Waals surface area contributed by atoms with Crippen molar-refractivity contribution in [3.63, 3.8) is 0 Å². The number of carbonyl (C=O) groups is 4. The van der Waals surface area contributed by atoms with Gasteiger partial charge in [0.05, 0.1) is 13.2 Å². The second kappa shape index (κ2) is 20.2. The molecule has 1 heterocycles. The van der Waals surface area contributed by atoms with Gasteiger partial charge in [-0.1, -0.05) is 64.9 Å². The number of nitrogens with zero attached hydrogens (tertiary/aromatic N) is 2. The van der Waals surface area contributed by atoms with Crippen molar-refractivity contribution in [3.05, 3.63) is 46.0 Å². The van der Waals surface area contributed by atoms with Crippen LogP contribution in [-0.2, 0) is 35.2 Å². The SMILES string of the molecule is CC(=O)SC[C@@H](C)C(=O)N1CCC[C@H]1C(=O)N[C@@H](Cc1ccccc1)C(=O)OCCCO[N+](=O)[O-].OCCCBr. The third kappa shape index (κ3) is 14.1. The molecular weight excluding hydrogens is 610 g/mol. The van der Waals surface area contributed by atoms with Crippen LogP contribution in [0.4, 0.5) is 0 Å². The topological polar surface area (TPSA) is 165 Å². The Morgan fingerprint density at radius 2 is 1.93 bits per heavy atom. The van der Waals surface area contributed by atoms with Gasteiger partial charge in [0.2, 0.25) is 11.8 Å². The number of nitrogens with one attached hydrogen (secondary N) is 1. The van der Waals surface area contributed by atoms with Crippen molar-refractivity contribution in [2.45, 2.75) is 58.0 Å². The Morgan fingerprint density at radius 1 is 1.23 bits per heavy atom. The van der Waals surface area contributed by atoms with E-state index >= 15 is 0 Å². The molecule has 1 saturated heterocycles. The molecule has 0 aliphatic carbocycles. The first kappa shape index (κ1) is 35.3. The van der Waals surface area contributed by atoms with E-state index in [4.69, 9.17) is 9.84 Å². The number of hydrogen-bond donors (Lipinski definition) is 2. The molecule has 14 heteroatoms. The monoisotopic (exact) mass is 647 g/mol. The van der Waals surface area contributed by atoms with Crippen LogP contribution in [0.3, 0.4) is 0 Å². The summed E-state index contributed by atoms with van der Waals surface area (Å²) >= 11 is 4.22. The van der Waals surface area contributed by atoms with Gasteiger partial charge in [0.1, 0.15) is 12.1 Å². The van der Waals surface area contributed by atoms with Crippen LogP contribution >= 0.6 is 27.7 Å². The van der Waals surface area contributed by atoms with E-state index in [1.807, 2.05) is 30.3 Å². The van der Waals surface area contributed by atoms with Gasteiger partial charge in [-0.3, -0.25) is 14.4 Å². The van der Waals surface area contributed by atoms with E-state index in [1.165, 1.54) is 11.8 Å². The molecule has 1 aliphatic rings. The third-order valence-corrected chi connectivity index (χ3v) is 7.34. The molecule has 0 bridgehead atoms. The lowest BCUT2D eigenvalue weighted by Crippen LogP contribution is -2.52. The Labute approximate surface area is 246 Å². The largest absolute Gasteiger partial charge is 0.464 e. The number of carbonyl (C=O) groups excluding carboxylic acids is 4. The van der Waals surface area contributed by atoms with Crippen molar-refractivity contribution in [1.82, 2.24) is 10.2 Å². The number of halogens is 1. The van der Waals surface area contributed by atoms with Gasteiger partial charge in [0, 0.05) is 49.9 Å². The van der Waals surface area contributed by atoms with Crippen LogP contribution in [0.15, 0.2) is 30.3 Å². The average molecular weight is 649 g/mol. The lowest BCUT2D eigenvalue weighted by molar-refractivity contribution is -0.757. The van der Waals surface area contributed by atoms with E-state index in [1.54, 1.807) is 6.92 Å². The van der Waals surface area contributed by atoms with Crippen molar-refractivity contribution in [3.8, 4) is 0 Å². The first-order chi connectivity index (χ1) is 19.1. The Bertz CT molecular complexity index is 953. The summed E-state index contributed by atoms with van der Waals surface area (Å²) in [5, 5.41) is 20.9. The molecule has 2 amide bonds. The van der Waals surface area contributed by atoms with Gasteiger partial charge in [0.15, 0.2) is 5.12 Å². The summed E-state index contributed by atoms with van der Waals surface area (Å²) in [6.07, 6.45) is 2.29. The second-order valence-corrected chi connectivity index (χ2v) is 11.0. The van der Waals surface area contributed by atoms with Gasteiger partial charge in [-0.25, -0.2) is 4.79 Å². The van der Waals surface area contributed by atoms with Crippen molar-refractivity contribution in [2.24, 2.45) is 5.92 Å². The first-order valence-electron chi connectivity index (χ1n) is 13.0. The average Bonchev–Trinajstić information content (AvgIpc) is 3.42. The fourth-order valence-electron chi connectivity index (χ4n) is 3.74. The predicted octanol–water partition coefficient (Wildman–Crippen LogP) is 2.53. The summed E-state index contributed by atoms with van der Waals surface area (Å²) in [7, 11) is 0. The molecule has 2 N–H and O–H groups in total. The predicted molar refractivity (Wildman–Crippen MR) is 153 cm³/mol. The number of aliphatic hydroxyl groups excluding tert-OH is 1. The van der Waals surface area contributed by atoms with Crippen LogP contribution in [0.5, 0.6) is 0 Å². The zero-order valence-corrected chi connectivity index (χ0v) is 25.2. The molecule has 0 aromatic heterocycles. The van der Waals surface area contributed by atoms with Crippen molar-refractivity contribution in [1.29, 1.82) is 0 Å². The molecule has 224 valence electrons. The highest BCUT2D eigenvalue weighted by Gasteiger charge is 2.37. The Balaban J connectivity index is 0.00000146. The normalized spacial score (nSPS) is 15.7. The minimum absolute atomic E-state index is 0.0763. The molecule has 12 nitrogen and oxygen atoms in total. The van der Waals surface area contributed by atoms with Gasteiger partial charge in [-0.05, 0) is 24.8 Å². The standard InChI is InChI=1S/C23H31N3O8S.C3H7BrO/c1-16(15-35-17(2)27)22(29)25-11-6-10-20(25)21(28)24-19(14-18-8-4-3-5-9-18)23(30)33-12-7-13-34-26(31)32;4-2-1-3-5/h3-5,8-9,16,19-20H,6-7,10-15H2,1-2H3,(H,24,28);5H,1-3H2/t16-,19+,20+;/m1./s1. The maximum atomic E-state index is 13.1. The Morgan fingerprint density at radius 3 is 2.50 bits per heavy atom. The van der Waals surface area contributed by atoms with Gasteiger partial charge >= 0.3 is 5.97 Å². The van der Waals surface area contributed by atoms with E-state index < -0.39 is 35.0 Å². The number of benzene rings is 1. The molecule has 2 rings (SSSR count). The molecule has 1 aromatic rings. The highest BCUT2D eigenvalue weighted by Crippen LogP contribution is 2.22. The van der Waals surface area contributed by atoms with Crippen LogP contribution in [-0.4, -0.2) is 87.5 Å². The fraction of sp³-hybridized carbons (Fsp3) is 0.615. The molecule has 0 saturated carbocycles. The summed E-state index contributed by atoms with van der Waals surface area (Å²) in [5.74, 6) is -1.42. The number of aliphatic hydroxyl groups is 1. The zero-order valence-electron chi connectivity index (χ0n) is 22.8. The minimum Gasteiger partial charge on any atom is -0.464 e. The summed E-state index contributed by atoms with van der Waals surface area (Å²) in [5.41, 5.74) is 0.806. The lowest BCUT2D eigenvalue weighted by Gasteiger charge is -2.28. The number of alkyl halides is 1. The third-order valence-electron chi connectivity index (χ3n) is 5.70. The van der Waals surface area contributed by atoms with Crippen LogP contribution in [0.1, 0.15) is 45.1 Å². The van der Waals surface area contributed by atoms with Crippen LogP contribution in [0.25, 0.3) is 0 Å². The van der Waals surface area contributed by atoms with Crippen LogP contribution < -0.4 is 5.32 Å². The highest BCUT2D eigenvalue weighted by molar-refractivity contribution is 9.09. The molecule has 1 fully saturated rings. The molecule has 40 heavy (non-hydrogen) atoms. The fourth-order valence-corrected chi connectivity index (χ4v) is 4.62. The molecule has 0 spiro atoms. The van der Waals surface area contributed by atoms with Gasteiger partial charge < -0.3 is 24.9 Å². The van der Waals surface area contributed by atoms with Gasteiger partial charge in [-0.2, -0.15) is 0 Å². The number of esters is 1. The highest BCUT2D eigenvalue weighted by atomic mass is 79.9. The molecule has 0 radical (unpaired) electrons. The maximum Gasteiger partial charge on any atom is 0.328 e. The number of amides is 2. The number of rotatable bonds is 15. The smallest absolute Gasteiger partial charge is 0.328 e. The maximum absolute atomic E-state index is 13.1. The van der Waals surface area contributed by atoms with Gasteiger partial charge in [0.25, 0.3) is 5.09 Å². The van der Waals surface area contributed by atoms with Gasteiger partial charge in [-0.15, -0.1) is 10.1 Å². The second-order valence-electron chi connectivity index (χ2n) is 8.99. The summed E-state index contributed by atoms with van der Waals surface area (Å²) < 4.78 is 5.22. The van der Waals surface area contributed by atoms with Crippen molar-refractivity contribution in [2.75, 3.05) is 37.4 Å². The number of thioether (sulfide) groups is 1. The lowest BCUT2D eigenvalue weighted by atomic mass is 10.0. The van der Waals surface area contributed by atoms with E-state index in [0.29, 0.717) is 31.7 Å². The molecule has 1 aromatic carbocycles. The van der Waals surface area contributed by atoms with E-state index in [-0.39, 0.29) is 37.1 Å². The molecular formula is C26H38BrN3O9S. The zero-order chi connectivity index (χ0) is 29.9. The van der Waals surface area contributed by atoms with Crippen LogP contribution in [0.2, 0.25) is 0 Å².